The van der Waals surface area contributed by atoms with Crippen molar-refractivity contribution in [1.82, 2.24) is 0 Å². The molecular formula is C27H34F6. The van der Waals surface area contributed by atoms with E-state index in [9.17, 15) is 26.3 Å². The highest BCUT2D eigenvalue weighted by atomic mass is 19.4. The Kier molecular flexibility index (Phi) is 8.02. The van der Waals surface area contributed by atoms with Gasteiger partial charge in [-0.1, -0.05) is 96.1 Å². The van der Waals surface area contributed by atoms with E-state index in [-0.39, 0.29) is 12.0 Å². The smallest absolute Gasteiger partial charge is 0.171 e. The van der Waals surface area contributed by atoms with Gasteiger partial charge in [0.2, 0.25) is 0 Å². The first-order chi connectivity index (χ1) is 14.9. The molecule has 0 amide bonds. The van der Waals surface area contributed by atoms with E-state index >= 15 is 0 Å². The molecule has 0 saturated carbocycles. The van der Waals surface area contributed by atoms with Gasteiger partial charge in [-0.3, -0.25) is 0 Å². The van der Waals surface area contributed by atoms with E-state index in [4.69, 9.17) is 0 Å². The van der Waals surface area contributed by atoms with Gasteiger partial charge in [0, 0.05) is 12.3 Å². The van der Waals surface area contributed by atoms with Crippen LogP contribution in [0.2, 0.25) is 0 Å². The molecule has 2 aromatic rings. The third-order valence-electron chi connectivity index (χ3n) is 6.21. The largest absolute Gasteiger partial charge is 0.396 e. The molecular weight excluding hydrogens is 438 g/mol. The van der Waals surface area contributed by atoms with E-state index in [1.54, 1.807) is 63.2 Å². The molecule has 0 spiro atoms. The maximum absolute atomic E-state index is 14.6. The van der Waals surface area contributed by atoms with Crippen LogP contribution < -0.4 is 0 Å². The Morgan fingerprint density at radius 3 is 1.58 bits per heavy atom. The summed E-state index contributed by atoms with van der Waals surface area (Å²) >= 11 is 0. The topological polar surface area (TPSA) is 0 Å². The molecule has 0 nitrogen and oxygen atoms in total. The van der Waals surface area contributed by atoms with Crippen LogP contribution in [0.3, 0.4) is 0 Å². The Balaban J connectivity index is 2.62. The summed E-state index contributed by atoms with van der Waals surface area (Å²) < 4.78 is 82.7. The third-order valence-corrected chi connectivity index (χ3v) is 6.21. The predicted octanol–water partition coefficient (Wildman–Crippen LogP) is 9.63. The SMILES string of the molecule is CC(C)(C)C(CCC(F)(F)F)c1cccc(C(C(c2ccccc2)C(C)(C)C)C(F)(F)F)c1. The van der Waals surface area contributed by atoms with Crippen LogP contribution in [-0.2, 0) is 0 Å². The maximum Gasteiger partial charge on any atom is 0.396 e. The van der Waals surface area contributed by atoms with E-state index in [1.165, 1.54) is 12.1 Å². The highest BCUT2D eigenvalue weighted by Crippen LogP contribution is 2.53. The molecule has 6 heteroatoms. The lowest BCUT2D eigenvalue weighted by Crippen LogP contribution is -2.34. The summed E-state index contributed by atoms with van der Waals surface area (Å²) in [5.41, 5.74) is -0.0658. The normalized spacial score (nSPS) is 16.4. The van der Waals surface area contributed by atoms with Crippen LogP contribution >= 0.6 is 0 Å². The molecule has 2 rings (SSSR count). The molecule has 184 valence electrons. The quantitative estimate of drug-likeness (QED) is 0.367. The van der Waals surface area contributed by atoms with Crippen LogP contribution in [0.15, 0.2) is 54.6 Å². The van der Waals surface area contributed by atoms with Gasteiger partial charge in [0.15, 0.2) is 0 Å². The van der Waals surface area contributed by atoms with Gasteiger partial charge in [-0.2, -0.15) is 26.3 Å². The summed E-state index contributed by atoms with van der Waals surface area (Å²) in [7, 11) is 0. The van der Waals surface area contributed by atoms with Crippen molar-refractivity contribution in [1.29, 1.82) is 0 Å². The minimum atomic E-state index is -4.53. The first-order valence-corrected chi connectivity index (χ1v) is 11.2. The number of alkyl halides is 6. The van der Waals surface area contributed by atoms with Gasteiger partial charge in [-0.15, -0.1) is 0 Å². The van der Waals surface area contributed by atoms with Crippen molar-refractivity contribution in [3.8, 4) is 0 Å². The second-order valence-corrected chi connectivity index (χ2v) is 11.0. The van der Waals surface area contributed by atoms with Crippen LogP contribution in [0.25, 0.3) is 0 Å². The van der Waals surface area contributed by atoms with Crippen molar-refractivity contribution < 1.29 is 26.3 Å². The maximum atomic E-state index is 14.6. The number of halogens is 6. The van der Waals surface area contributed by atoms with Gasteiger partial charge < -0.3 is 0 Å². The molecule has 0 bridgehead atoms. The zero-order chi connectivity index (χ0) is 25.2. The number of rotatable bonds is 6. The summed E-state index contributed by atoms with van der Waals surface area (Å²) in [6.45, 7) is 10.8. The van der Waals surface area contributed by atoms with Crippen molar-refractivity contribution in [3.05, 3.63) is 71.3 Å². The monoisotopic (exact) mass is 472 g/mol. The van der Waals surface area contributed by atoms with Crippen molar-refractivity contribution in [2.45, 2.75) is 84.5 Å². The van der Waals surface area contributed by atoms with Gasteiger partial charge in [0.25, 0.3) is 0 Å². The average Bonchev–Trinajstić information content (AvgIpc) is 2.63. The predicted molar refractivity (Wildman–Crippen MR) is 121 cm³/mol. The minimum absolute atomic E-state index is 0.0880. The molecule has 3 unspecified atom stereocenters. The van der Waals surface area contributed by atoms with Crippen LogP contribution in [0.5, 0.6) is 0 Å². The zero-order valence-corrected chi connectivity index (χ0v) is 20.1. The Bertz CT molecular complexity index is 882. The minimum Gasteiger partial charge on any atom is -0.171 e. The molecule has 0 radical (unpaired) electrons. The molecule has 0 aliphatic heterocycles. The summed E-state index contributed by atoms with van der Waals surface area (Å²) in [6, 6.07) is 14.8. The lowest BCUT2D eigenvalue weighted by molar-refractivity contribution is -0.162. The molecule has 3 atom stereocenters. The standard InChI is InChI=1S/C27H34F6/c1-24(2,3)21(15-16-26(28,29)30)19-13-10-14-20(17-19)23(27(31,32)33)22(25(4,5)6)18-11-8-7-9-12-18/h7-14,17,21-23H,15-16H2,1-6H3. The van der Waals surface area contributed by atoms with E-state index in [1.807, 2.05) is 20.8 Å². The molecule has 0 aliphatic rings. The van der Waals surface area contributed by atoms with Crippen molar-refractivity contribution >= 4 is 0 Å². The Hall–Kier alpha value is -1.98. The second kappa shape index (κ2) is 9.71. The van der Waals surface area contributed by atoms with Crippen molar-refractivity contribution in [2.24, 2.45) is 10.8 Å². The summed E-state index contributed by atoms with van der Waals surface area (Å²) in [4.78, 5) is 0. The molecule has 0 aromatic heterocycles. The fourth-order valence-corrected chi connectivity index (χ4v) is 4.80. The zero-order valence-electron chi connectivity index (χ0n) is 20.1. The van der Waals surface area contributed by atoms with Gasteiger partial charge in [0.1, 0.15) is 0 Å². The Labute approximate surface area is 193 Å². The fraction of sp³-hybridized carbons (Fsp3) is 0.556. The lowest BCUT2D eigenvalue weighted by atomic mass is 9.66. The highest BCUT2D eigenvalue weighted by molar-refractivity contribution is 5.36. The first kappa shape index (κ1) is 27.3. The van der Waals surface area contributed by atoms with Crippen LogP contribution in [0, 0.1) is 10.8 Å². The van der Waals surface area contributed by atoms with Gasteiger partial charge in [-0.05, 0) is 39.9 Å². The molecule has 0 heterocycles. The first-order valence-electron chi connectivity index (χ1n) is 11.2. The van der Waals surface area contributed by atoms with Crippen LogP contribution in [0.1, 0.15) is 88.8 Å². The lowest BCUT2D eigenvalue weighted by Gasteiger charge is -2.39. The van der Waals surface area contributed by atoms with Crippen molar-refractivity contribution in [2.75, 3.05) is 0 Å². The molecule has 0 saturated heterocycles. The third kappa shape index (κ3) is 7.51. The molecule has 2 aromatic carbocycles. The summed E-state index contributed by atoms with van der Waals surface area (Å²) in [5.74, 6) is -3.18. The Morgan fingerprint density at radius 2 is 1.12 bits per heavy atom. The molecule has 0 fully saturated rings. The summed E-state index contributed by atoms with van der Waals surface area (Å²) in [5, 5.41) is 0. The van der Waals surface area contributed by atoms with Gasteiger partial charge >= 0.3 is 12.4 Å². The Morgan fingerprint density at radius 1 is 0.606 bits per heavy atom. The highest BCUT2D eigenvalue weighted by Gasteiger charge is 2.50. The van der Waals surface area contributed by atoms with Crippen molar-refractivity contribution in [3.63, 3.8) is 0 Å². The van der Waals surface area contributed by atoms with Crippen LogP contribution in [0.4, 0.5) is 26.3 Å². The van der Waals surface area contributed by atoms with E-state index in [0.717, 1.165) is 0 Å². The van der Waals surface area contributed by atoms with Gasteiger partial charge in [-0.25, -0.2) is 0 Å². The average molecular weight is 473 g/mol. The summed E-state index contributed by atoms with van der Waals surface area (Å²) in [6.07, 6.45) is -10.00. The van der Waals surface area contributed by atoms with Gasteiger partial charge in [0.05, 0.1) is 5.92 Å². The number of hydrogen-bond donors (Lipinski definition) is 0. The van der Waals surface area contributed by atoms with E-state index in [2.05, 4.69) is 0 Å². The van der Waals surface area contributed by atoms with E-state index in [0.29, 0.717) is 11.1 Å². The molecule has 0 aliphatic carbocycles. The fourth-order valence-electron chi connectivity index (χ4n) is 4.80. The second-order valence-electron chi connectivity index (χ2n) is 11.0. The number of benzene rings is 2. The van der Waals surface area contributed by atoms with E-state index < -0.39 is 47.4 Å². The van der Waals surface area contributed by atoms with Crippen LogP contribution in [-0.4, -0.2) is 12.4 Å². The molecule has 33 heavy (non-hydrogen) atoms. The number of hydrogen-bond acceptors (Lipinski definition) is 0. The molecule has 0 N–H and O–H groups in total.